The molecule has 1 aliphatic rings. The van der Waals surface area contributed by atoms with Gasteiger partial charge >= 0.3 is 0 Å². The van der Waals surface area contributed by atoms with E-state index in [0.717, 1.165) is 6.42 Å². The summed E-state index contributed by atoms with van der Waals surface area (Å²) in [6.07, 6.45) is 5.80. The molecule has 0 atom stereocenters. The van der Waals surface area contributed by atoms with Crippen LogP contribution in [0.5, 0.6) is 0 Å². The van der Waals surface area contributed by atoms with Crippen molar-refractivity contribution >= 4 is 6.08 Å². The summed E-state index contributed by atoms with van der Waals surface area (Å²) in [5.74, 6) is 0. The second-order valence-electron chi connectivity index (χ2n) is 5.49. The van der Waals surface area contributed by atoms with Gasteiger partial charge in [-0.25, -0.2) is 0 Å². The first kappa shape index (κ1) is 12.2. The monoisotopic (exact) mass is 248 g/mol. The van der Waals surface area contributed by atoms with Crippen molar-refractivity contribution in [3.05, 3.63) is 64.7 Å². The number of benzene rings is 2. The Morgan fingerprint density at radius 2 is 1.79 bits per heavy atom. The molecule has 0 saturated heterocycles. The third-order valence-electron chi connectivity index (χ3n) is 3.87. The lowest BCUT2D eigenvalue weighted by Crippen LogP contribution is -1.90. The van der Waals surface area contributed by atoms with Gasteiger partial charge in [-0.15, -0.1) is 0 Å². The summed E-state index contributed by atoms with van der Waals surface area (Å²) < 4.78 is 0. The average molecular weight is 248 g/mol. The van der Waals surface area contributed by atoms with Crippen LogP contribution in [-0.2, 0) is 12.8 Å². The Kier molecular flexibility index (Phi) is 3.25. The summed E-state index contributed by atoms with van der Waals surface area (Å²) in [5, 5.41) is 0. The molecular formula is C19H20. The maximum Gasteiger partial charge on any atom is -0.00544 e. The zero-order valence-electron chi connectivity index (χ0n) is 11.7. The highest BCUT2D eigenvalue weighted by atomic mass is 14.2. The van der Waals surface area contributed by atoms with Gasteiger partial charge in [-0.3, -0.25) is 0 Å². The van der Waals surface area contributed by atoms with Gasteiger partial charge in [-0.2, -0.15) is 0 Å². The summed E-state index contributed by atoms with van der Waals surface area (Å²) in [4.78, 5) is 0. The summed E-state index contributed by atoms with van der Waals surface area (Å²) in [6, 6.07) is 15.7. The van der Waals surface area contributed by atoms with Crippen molar-refractivity contribution in [1.29, 1.82) is 0 Å². The Morgan fingerprint density at radius 1 is 1.00 bits per heavy atom. The Labute approximate surface area is 115 Å². The van der Waals surface area contributed by atoms with E-state index in [-0.39, 0.29) is 0 Å². The summed E-state index contributed by atoms with van der Waals surface area (Å²) in [7, 11) is 0. The molecule has 0 aromatic heterocycles. The molecule has 0 radical (unpaired) electrons. The summed E-state index contributed by atoms with van der Waals surface area (Å²) in [5.41, 5.74) is 8.53. The highest BCUT2D eigenvalue weighted by Gasteiger charge is 2.14. The van der Waals surface area contributed by atoms with Gasteiger partial charge in [0.15, 0.2) is 0 Å². The minimum atomic E-state index is 1.10. The summed E-state index contributed by atoms with van der Waals surface area (Å²) >= 11 is 0. The Morgan fingerprint density at radius 3 is 2.53 bits per heavy atom. The third kappa shape index (κ3) is 2.35. The first-order valence-corrected chi connectivity index (χ1v) is 7.16. The summed E-state index contributed by atoms with van der Waals surface area (Å²) in [6.45, 7) is 4.44. The molecule has 0 unspecified atom stereocenters. The van der Waals surface area contributed by atoms with Crippen molar-refractivity contribution in [2.24, 2.45) is 0 Å². The van der Waals surface area contributed by atoms with Gasteiger partial charge in [0.1, 0.15) is 0 Å². The second-order valence-corrected chi connectivity index (χ2v) is 5.49. The molecule has 3 rings (SSSR count). The van der Waals surface area contributed by atoms with E-state index in [4.69, 9.17) is 0 Å². The fourth-order valence-corrected chi connectivity index (χ4v) is 2.94. The normalized spacial score (nSPS) is 13.3. The van der Waals surface area contributed by atoms with E-state index in [1.165, 1.54) is 46.2 Å². The van der Waals surface area contributed by atoms with Crippen molar-refractivity contribution in [2.75, 3.05) is 0 Å². The van der Waals surface area contributed by atoms with Crippen molar-refractivity contribution in [2.45, 2.75) is 33.1 Å². The van der Waals surface area contributed by atoms with Crippen LogP contribution in [0.3, 0.4) is 0 Å². The standard InChI is InChI=1S/C19H20/c1-3-5-15-8-10-16(11-9-15)18-7-4-6-17-12-14(2)13-19(17)18/h4,6-12H,3,5,13H2,1-2H3. The van der Waals surface area contributed by atoms with Crippen LogP contribution in [0.15, 0.2) is 48.0 Å². The predicted octanol–water partition coefficient (Wildman–Crippen LogP) is 5.27. The minimum Gasteiger partial charge on any atom is -0.0683 e. The van der Waals surface area contributed by atoms with Crippen molar-refractivity contribution in [1.82, 2.24) is 0 Å². The molecule has 0 amide bonds. The molecule has 0 aliphatic heterocycles. The molecule has 0 nitrogen and oxygen atoms in total. The lowest BCUT2D eigenvalue weighted by Gasteiger charge is -2.09. The molecule has 96 valence electrons. The maximum atomic E-state index is 2.31. The van der Waals surface area contributed by atoms with E-state index < -0.39 is 0 Å². The first-order chi connectivity index (χ1) is 9.28. The van der Waals surface area contributed by atoms with Gasteiger partial charge in [0.25, 0.3) is 0 Å². The van der Waals surface area contributed by atoms with Gasteiger partial charge in [0.2, 0.25) is 0 Å². The lowest BCUT2D eigenvalue weighted by atomic mass is 9.95. The van der Waals surface area contributed by atoms with Crippen molar-refractivity contribution in [3.8, 4) is 11.1 Å². The van der Waals surface area contributed by atoms with E-state index in [1.807, 2.05) is 0 Å². The number of hydrogen-bond donors (Lipinski definition) is 0. The van der Waals surface area contributed by atoms with Crippen LogP contribution in [0.1, 0.15) is 37.0 Å². The second kappa shape index (κ2) is 5.05. The molecule has 19 heavy (non-hydrogen) atoms. The molecule has 0 bridgehead atoms. The Hall–Kier alpha value is -1.82. The Bertz CT molecular complexity index is 615. The molecule has 0 N–H and O–H groups in total. The molecule has 0 spiro atoms. The average Bonchev–Trinajstić information content (AvgIpc) is 2.80. The van der Waals surface area contributed by atoms with Crippen molar-refractivity contribution in [3.63, 3.8) is 0 Å². The highest BCUT2D eigenvalue weighted by molar-refractivity contribution is 5.77. The smallest absolute Gasteiger partial charge is 0.00544 e. The van der Waals surface area contributed by atoms with Crippen LogP contribution >= 0.6 is 0 Å². The van der Waals surface area contributed by atoms with E-state index in [0.29, 0.717) is 0 Å². The third-order valence-corrected chi connectivity index (χ3v) is 3.87. The van der Waals surface area contributed by atoms with Gasteiger partial charge in [-0.05, 0) is 47.6 Å². The SMILES string of the molecule is CCCc1ccc(-c2cccc3c2CC(C)=C3)cc1. The molecule has 1 aliphatic carbocycles. The largest absolute Gasteiger partial charge is 0.0683 e. The van der Waals surface area contributed by atoms with Crippen LogP contribution in [-0.4, -0.2) is 0 Å². The quantitative estimate of drug-likeness (QED) is 0.694. The molecule has 0 saturated carbocycles. The lowest BCUT2D eigenvalue weighted by molar-refractivity contribution is 0.922. The number of allylic oxidation sites excluding steroid dienone is 1. The first-order valence-electron chi connectivity index (χ1n) is 7.16. The van der Waals surface area contributed by atoms with Crippen LogP contribution in [0.2, 0.25) is 0 Å². The number of aryl methyl sites for hydroxylation is 1. The molecule has 2 aromatic carbocycles. The van der Waals surface area contributed by atoms with E-state index in [2.05, 4.69) is 62.4 Å². The van der Waals surface area contributed by atoms with Crippen LogP contribution < -0.4 is 0 Å². The molecule has 0 heterocycles. The van der Waals surface area contributed by atoms with Crippen LogP contribution in [0.25, 0.3) is 17.2 Å². The number of hydrogen-bond acceptors (Lipinski definition) is 0. The number of fused-ring (bicyclic) bond motifs is 1. The fraction of sp³-hybridized carbons (Fsp3) is 0.263. The zero-order valence-corrected chi connectivity index (χ0v) is 11.7. The molecule has 0 heteroatoms. The fourth-order valence-electron chi connectivity index (χ4n) is 2.94. The van der Waals surface area contributed by atoms with Gasteiger partial charge in [-0.1, -0.05) is 67.5 Å². The van der Waals surface area contributed by atoms with Crippen LogP contribution in [0, 0.1) is 0 Å². The highest BCUT2D eigenvalue weighted by Crippen LogP contribution is 2.33. The maximum absolute atomic E-state index is 2.31. The molecule has 0 fully saturated rings. The molecular weight excluding hydrogens is 228 g/mol. The number of rotatable bonds is 3. The Balaban J connectivity index is 1.98. The topological polar surface area (TPSA) is 0 Å². The van der Waals surface area contributed by atoms with E-state index in [9.17, 15) is 0 Å². The predicted molar refractivity (Wildman–Crippen MR) is 83.2 cm³/mol. The van der Waals surface area contributed by atoms with Crippen molar-refractivity contribution < 1.29 is 0 Å². The van der Waals surface area contributed by atoms with Crippen LogP contribution in [0.4, 0.5) is 0 Å². The zero-order chi connectivity index (χ0) is 13.2. The van der Waals surface area contributed by atoms with Gasteiger partial charge in [0.05, 0.1) is 0 Å². The van der Waals surface area contributed by atoms with E-state index in [1.54, 1.807) is 0 Å². The van der Waals surface area contributed by atoms with Gasteiger partial charge in [0, 0.05) is 0 Å². The molecule has 2 aromatic rings. The van der Waals surface area contributed by atoms with Gasteiger partial charge < -0.3 is 0 Å². The van der Waals surface area contributed by atoms with E-state index >= 15 is 0 Å². The minimum absolute atomic E-state index is 1.10.